The Morgan fingerprint density at radius 2 is 1.83 bits per heavy atom. The first-order valence-electron chi connectivity index (χ1n) is 14.2. The summed E-state index contributed by atoms with van der Waals surface area (Å²) < 4.78 is 12.5. The molecule has 1 saturated heterocycles. The molecule has 1 aromatic carbocycles. The number of hydrogen-bond donors (Lipinski definition) is 1. The van der Waals surface area contributed by atoms with Gasteiger partial charge in [0.1, 0.15) is 11.3 Å². The fraction of sp³-hybridized carbons (Fsp3) is 0.419. The van der Waals surface area contributed by atoms with Gasteiger partial charge in [-0.3, -0.25) is 14.7 Å². The Bertz CT molecular complexity index is 1510. The SMILES string of the molecule is CCOC(=O)Cc1ccn(-c2cncc(-c3[nH]c4ccccc4c3CCN3CCN(C(=O)OC(C)(C)C)CC3)n2)c1. The molecular weight excluding hydrogens is 520 g/mol. The van der Waals surface area contributed by atoms with E-state index in [0.29, 0.717) is 25.5 Å². The highest BCUT2D eigenvalue weighted by molar-refractivity contribution is 5.90. The van der Waals surface area contributed by atoms with E-state index >= 15 is 0 Å². The van der Waals surface area contributed by atoms with Crippen molar-refractivity contribution >= 4 is 23.0 Å². The summed E-state index contributed by atoms with van der Waals surface area (Å²) in [6.45, 7) is 11.6. The molecule has 0 aliphatic carbocycles. The molecular formula is C31H38N6O4. The van der Waals surface area contributed by atoms with Crippen LogP contribution in [0.15, 0.2) is 55.1 Å². The molecule has 0 unspecified atom stereocenters. The van der Waals surface area contributed by atoms with E-state index in [0.717, 1.165) is 48.5 Å². The lowest BCUT2D eigenvalue weighted by atomic mass is 10.1. The molecule has 5 rings (SSSR count). The van der Waals surface area contributed by atoms with Gasteiger partial charge in [0.2, 0.25) is 0 Å². The molecule has 4 aromatic rings. The number of benzene rings is 1. The first kappa shape index (κ1) is 28.4. The number of ether oxygens (including phenoxy) is 2. The predicted octanol–water partition coefficient (Wildman–Crippen LogP) is 4.62. The highest BCUT2D eigenvalue weighted by atomic mass is 16.6. The van der Waals surface area contributed by atoms with Crippen LogP contribution in [0.3, 0.4) is 0 Å². The molecule has 0 radical (unpaired) electrons. The quantitative estimate of drug-likeness (QED) is 0.315. The summed E-state index contributed by atoms with van der Waals surface area (Å²) in [4.78, 5) is 41.5. The molecule has 0 atom stereocenters. The minimum Gasteiger partial charge on any atom is -0.466 e. The zero-order chi connectivity index (χ0) is 29.0. The van der Waals surface area contributed by atoms with Gasteiger partial charge in [0, 0.05) is 56.0 Å². The lowest BCUT2D eigenvalue weighted by molar-refractivity contribution is -0.142. The number of carbonyl (C=O) groups excluding carboxylic acids is 2. The van der Waals surface area contributed by atoms with Crippen LogP contribution in [0.2, 0.25) is 0 Å². The molecule has 1 fully saturated rings. The zero-order valence-corrected chi connectivity index (χ0v) is 24.2. The molecule has 3 aromatic heterocycles. The summed E-state index contributed by atoms with van der Waals surface area (Å²) in [5, 5.41) is 1.17. The zero-order valence-electron chi connectivity index (χ0n) is 24.2. The third-order valence-corrected chi connectivity index (χ3v) is 7.07. The molecule has 216 valence electrons. The Morgan fingerprint density at radius 3 is 2.59 bits per heavy atom. The Kier molecular flexibility index (Phi) is 8.39. The molecule has 10 heteroatoms. The normalized spacial score (nSPS) is 14.4. The average Bonchev–Trinajstić information content (AvgIpc) is 3.56. The minimum absolute atomic E-state index is 0.214. The standard InChI is InChI=1S/C31H38N6O4/c1-5-40-28(38)18-22-10-13-37(21-22)27-20-32-19-26(33-27)29-24(23-8-6-7-9-25(23)34-29)11-12-35-14-16-36(17-15-35)30(39)41-31(2,3)4/h6-10,13,19-21,34H,5,11-12,14-18H2,1-4H3. The highest BCUT2D eigenvalue weighted by Gasteiger charge is 2.26. The number of aromatic nitrogens is 4. The maximum Gasteiger partial charge on any atom is 0.410 e. The van der Waals surface area contributed by atoms with Gasteiger partial charge in [-0.1, -0.05) is 18.2 Å². The van der Waals surface area contributed by atoms with Gasteiger partial charge in [-0.2, -0.15) is 0 Å². The minimum atomic E-state index is -0.494. The number of amides is 1. The van der Waals surface area contributed by atoms with E-state index in [1.807, 2.05) is 49.9 Å². The fourth-order valence-corrected chi connectivity index (χ4v) is 5.10. The van der Waals surface area contributed by atoms with Crippen molar-refractivity contribution < 1.29 is 19.1 Å². The number of nitrogens with zero attached hydrogens (tertiary/aromatic N) is 5. The number of piperazine rings is 1. The van der Waals surface area contributed by atoms with Crippen molar-refractivity contribution in [2.75, 3.05) is 39.3 Å². The van der Waals surface area contributed by atoms with Gasteiger partial charge in [-0.15, -0.1) is 0 Å². The number of esters is 1. The molecule has 10 nitrogen and oxygen atoms in total. The number of fused-ring (bicyclic) bond motifs is 1. The van der Waals surface area contributed by atoms with Gasteiger partial charge in [-0.25, -0.2) is 9.78 Å². The highest BCUT2D eigenvalue weighted by Crippen LogP contribution is 2.30. The first-order chi connectivity index (χ1) is 19.7. The van der Waals surface area contributed by atoms with E-state index in [1.165, 1.54) is 10.9 Å². The second-order valence-corrected chi connectivity index (χ2v) is 11.3. The van der Waals surface area contributed by atoms with Crippen LogP contribution < -0.4 is 0 Å². The van der Waals surface area contributed by atoms with E-state index in [4.69, 9.17) is 14.5 Å². The number of carbonyl (C=O) groups is 2. The third-order valence-electron chi connectivity index (χ3n) is 7.07. The average molecular weight is 559 g/mol. The number of aromatic amines is 1. The van der Waals surface area contributed by atoms with Gasteiger partial charge in [0.05, 0.1) is 31.1 Å². The van der Waals surface area contributed by atoms with Gasteiger partial charge in [0.15, 0.2) is 5.82 Å². The third kappa shape index (κ3) is 6.94. The van der Waals surface area contributed by atoms with Crippen LogP contribution in [0.1, 0.15) is 38.8 Å². The van der Waals surface area contributed by atoms with Gasteiger partial charge < -0.3 is 23.9 Å². The summed E-state index contributed by atoms with van der Waals surface area (Å²) in [7, 11) is 0. The van der Waals surface area contributed by atoms with Crippen LogP contribution in [0.5, 0.6) is 0 Å². The number of para-hydroxylation sites is 1. The van der Waals surface area contributed by atoms with Crippen molar-refractivity contribution in [3.8, 4) is 17.2 Å². The number of rotatable bonds is 8. The topological polar surface area (TPSA) is 106 Å². The van der Waals surface area contributed by atoms with Crippen molar-refractivity contribution in [3.05, 3.63) is 66.2 Å². The van der Waals surface area contributed by atoms with Crippen LogP contribution in [0.25, 0.3) is 28.1 Å². The molecule has 0 spiro atoms. The van der Waals surface area contributed by atoms with E-state index in [9.17, 15) is 9.59 Å². The van der Waals surface area contributed by atoms with Gasteiger partial charge in [0.25, 0.3) is 0 Å². The second-order valence-electron chi connectivity index (χ2n) is 11.3. The smallest absolute Gasteiger partial charge is 0.410 e. The van der Waals surface area contributed by atoms with Crippen molar-refractivity contribution in [1.29, 1.82) is 0 Å². The second kappa shape index (κ2) is 12.1. The summed E-state index contributed by atoms with van der Waals surface area (Å²) in [6, 6.07) is 10.2. The van der Waals surface area contributed by atoms with Crippen LogP contribution in [0, 0.1) is 0 Å². The molecule has 1 aliphatic rings. The van der Waals surface area contributed by atoms with Crippen LogP contribution in [-0.4, -0.2) is 86.3 Å². The molecule has 0 saturated carbocycles. The van der Waals surface area contributed by atoms with Crippen molar-refractivity contribution in [1.82, 2.24) is 29.3 Å². The Morgan fingerprint density at radius 1 is 1.05 bits per heavy atom. The summed E-state index contributed by atoms with van der Waals surface area (Å²) in [5.74, 6) is 0.416. The maximum atomic E-state index is 12.5. The predicted molar refractivity (Wildman–Crippen MR) is 157 cm³/mol. The molecule has 1 aliphatic heterocycles. The Balaban J connectivity index is 1.31. The van der Waals surface area contributed by atoms with Gasteiger partial charge in [-0.05, 0) is 57.4 Å². The molecule has 0 bridgehead atoms. The van der Waals surface area contributed by atoms with Crippen molar-refractivity contribution in [2.45, 2.75) is 46.1 Å². The monoisotopic (exact) mass is 558 g/mol. The Labute approximate surface area is 240 Å². The maximum absolute atomic E-state index is 12.5. The number of H-pyrrole nitrogens is 1. The van der Waals surface area contributed by atoms with Crippen molar-refractivity contribution in [2.24, 2.45) is 0 Å². The van der Waals surface area contributed by atoms with Crippen LogP contribution >= 0.6 is 0 Å². The van der Waals surface area contributed by atoms with E-state index in [2.05, 4.69) is 33.1 Å². The van der Waals surface area contributed by atoms with Crippen molar-refractivity contribution in [3.63, 3.8) is 0 Å². The number of nitrogens with one attached hydrogen (secondary N) is 1. The van der Waals surface area contributed by atoms with Crippen LogP contribution in [0.4, 0.5) is 4.79 Å². The summed E-state index contributed by atoms with van der Waals surface area (Å²) in [5.41, 5.74) is 4.31. The van der Waals surface area contributed by atoms with E-state index in [1.54, 1.807) is 24.2 Å². The largest absolute Gasteiger partial charge is 0.466 e. The lowest BCUT2D eigenvalue weighted by Crippen LogP contribution is -2.50. The number of hydrogen-bond acceptors (Lipinski definition) is 7. The molecule has 1 amide bonds. The van der Waals surface area contributed by atoms with E-state index in [-0.39, 0.29) is 18.5 Å². The lowest BCUT2D eigenvalue weighted by Gasteiger charge is -2.35. The van der Waals surface area contributed by atoms with Crippen LogP contribution in [-0.2, 0) is 27.1 Å². The molecule has 1 N–H and O–H groups in total. The van der Waals surface area contributed by atoms with Gasteiger partial charge >= 0.3 is 12.1 Å². The summed E-state index contributed by atoms with van der Waals surface area (Å²) in [6.07, 6.45) is 8.05. The summed E-state index contributed by atoms with van der Waals surface area (Å²) >= 11 is 0. The Hall–Kier alpha value is -4.18. The fourth-order valence-electron chi connectivity index (χ4n) is 5.10. The molecule has 41 heavy (non-hydrogen) atoms. The van der Waals surface area contributed by atoms with E-state index < -0.39 is 5.60 Å². The molecule has 4 heterocycles. The first-order valence-corrected chi connectivity index (χ1v) is 14.2.